The third-order valence-corrected chi connectivity index (χ3v) is 7.60. The fraction of sp³-hybridized carbons (Fsp3) is 0.276. The van der Waals surface area contributed by atoms with E-state index in [1.165, 1.54) is 30.3 Å². The molecular formula is C29H29F4N5O4S. The Hall–Kier alpha value is -4.30. The van der Waals surface area contributed by atoms with Crippen molar-refractivity contribution in [1.82, 2.24) is 19.7 Å². The first-order chi connectivity index (χ1) is 20.3. The highest BCUT2D eigenvalue weighted by atomic mass is 32.2. The smallest absolute Gasteiger partial charge is 0.352 e. The number of halogens is 4. The number of nitrogens with one attached hydrogen (secondary N) is 1. The summed E-state index contributed by atoms with van der Waals surface area (Å²) in [5, 5.41) is 12.1. The average molecular weight is 620 g/mol. The number of carbonyl (C=O) groups excluding carboxylic acids is 1. The van der Waals surface area contributed by atoms with Gasteiger partial charge in [0.15, 0.2) is 0 Å². The number of carbonyl (C=O) groups is 1. The minimum absolute atomic E-state index is 0.0135. The van der Waals surface area contributed by atoms with E-state index in [9.17, 15) is 31.2 Å². The van der Waals surface area contributed by atoms with Crippen LogP contribution >= 0.6 is 0 Å². The molecule has 0 aliphatic rings. The maximum Gasteiger partial charge on any atom is 0.418 e. The molecule has 1 aromatic heterocycles. The highest BCUT2D eigenvalue weighted by Gasteiger charge is 2.35. The Balaban J connectivity index is 1.80. The number of aryl methyl sites for hydroxylation is 1. The Bertz CT molecular complexity index is 1830. The molecule has 14 heteroatoms. The number of nitrogens with two attached hydrogens (primary N) is 1. The number of rotatable bonds is 10. The van der Waals surface area contributed by atoms with Crippen molar-refractivity contribution in [3.63, 3.8) is 0 Å². The van der Waals surface area contributed by atoms with Crippen LogP contribution in [0.1, 0.15) is 54.0 Å². The number of nitrogens with zero attached hydrogens (tertiary/aromatic N) is 3. The molecule has 0 saturated heterocycles. The summed E-state index contributed by atoms with van der Waals surface area (Å²) < 4.78 is 83.0. The Morgan fingerprint density at radius 3 is 2.37 bits per heavy atom. The van der Waals surface area contributed by atoms with Crippen LogP contribution in [0.2, 0.25) is 0 Å². The molecule has 228 valence electrons. The van der Waals surface area contributed by atoms with Crippen molar-refractivity contribution in [1.29, 1.82) is 0 Å². The second kappa shape index (κ2) is 12.5. The number of hydrogen-bond donors (Lipinski definition) is 2. The molecule has 43 heavy (non-hydrogen) atoms. The summed E-state index contributed by atoms with van der Waals surface area (Å²) in [5.74, 6) is -1.27. The Kier molecular flexibility index (Phi) is 9.21. The van der Waals surface area contributed by atoms with Crippen LogP contribution < -0.4 is 16.1 Å². The minimum Gasteiger partial charge on any atom is -0.352 e. The summed E-state index contributed by atoms with van der Waals surface area (Å²) in [6.07, 6.45) is -3.58. The van der Waals surface area contributed by atoms with E-state index in [1.807, 2.05) is 6.92 Å². The second-order valence-corrected chi connectivity index (χ2v) is 11.3. The van der Waals surface area contributed by atoms with Crippen LogP contribution in [-0.4, -0.2) is 35.2 Å². The fourth-order valence-electron chi connectivity index (χ4n) is 4.56. The van der Waals surface area contributed by atoms with Gasteiger partial charge in [0.05, 0.1) is 22.7 Å². The van der Waals surface area contributed by atoms with Crippen LogP contribution in [0.4, 0.5) is 17.6 Å². The van der Waals surface area contributed by atoms with Gasteiger partial charge in [0, 0.05) is 29.7 Å². The van der Waals surface area contributed by atoms with Gasteiger partial charge < -0.3 is 5.32 Å². The summed E-state index contributed by atoms with van der Waals surface area (Å²) in [7, 11) is -4.11. The molecule has 9 nitrogen and oxygen atoms in total. The molecule has 4 aromatic rings. The molecule has 0 atom stereocenters. The van der Waals surface area contributed by atoms with Crippen molar-refractivity contribution in [2.45, 2.75) is 50.7 Å². The Morgan fingerprint density at radius 2 is 1.74 bits per heavy atom. The largest absolute Gasteiger partial charge is 0.418 e. The first-order valence-electron chi connectivity index (χ1n) is 13.3. The summed E-state index contributed by atoms with van der Waals surface area (Å²) in [6, 6.07) is 12.4. The predicted molar refractivity (Wildman–Crippen MR) is 152 cm³/mol. The zero-order valence-electron chi connectivity index (χ0n) is 23.3. The van der Waals surface area contributed by atoms with Crippen molar-refractivity contribution >= 4 is 15.9 Å². The molecule has 0 radical (unpaired) electrons. The quantitative estimate of drug-likeness (QED) is 0.250. The molecule has 0 saturated carbocycles. The molecule has 0 fully saturated rings. The van der Waals surface area contributed by atoms with E-state index in [1.54, 1.807) is 13.0 Å². The zero-order valence-corrected chi connectivity index (χ0v) is 24.1. The van der Waals surface area contributed by atoms with Gasteiger partial charge in [0.1, 0.15) is 11.6 Å². The van der Waals surface area contributed by atoms with Crippen LogP contribution in [-0.2, 0) is 29.2 Å². The van der Waals surface area contributed by atoms with E-state index < -0.39 is 44.9 Å². The van der Waals surface area contributed by atoms with Gasteiger partial charge in [-0.1, -0.05) is 44.2 Å². The van der Waals surface area contributed by atoms with Gasteiger partial charge in [-0.3, -0.25) is 9.36 Å². The van der Waals surface area contributed by atoms with Gasteiger partial charge >= 0.3 is 11.9 Å². The normalized spacial score (nSPS) is 12.0. The molecule has 0 bridgehead atoms. The molecule has 0 aliphatic heterocycles. The topological polar surface area (TPSA) is 129 Å². The van der Waals surface area contributed by atoms with Crippen molar-refractivity contribution < 1.29 is 30.8 Å². The molecule has 3 aromatic carbocycles. The Labute approximate surface area is 245 Å². The van der Waals surface area contributed by atoms with Crippen LogP contribution in [0, 0.1) is 5.82 Å². The summed E-state index contributed by atoms with van der Waals surface area (Å²) in [4.78, 5) is 25.9. The Morgan fingerprint density at radius 1 is 1.02 bits per heavy atom. The van der Waals surface area contributed by atoms with Gasteiger partial charge in [-0.05, 0) is 48.7 Å². The molecule has 0 aliphatic carbocycles. The van der Waals surface area contributed by atoms with Crippen LogP contribution in [0.15, 0.2) is 70.4 Å². The van der Waals surface area contributed by atoms with Crippen molar-refractivity contribution in [2.75, 3.05) is 6.54 Å². The number of alkyl halides is 3. The maximum atomic E-state index is 15.4. The molecular weight excluding hydrogens is 590 g/mol. The van der Waals surface area contributed by atoms with E-state index >= 15 is 4.39 Å². The van der Waals surface area contributed by atoms with Crippen molar-refractivity contribution in [3.8, 4) is 16.8 Å². The number of hydrogen-bond acceptors (Lipinski definition) is 5. The summed E-state index contributed by atoms with van der Waals surface area (Å²) >= 11 is 0. The van der Waals surface area contributed by atoms with Crippen LogP contribution in [0.25, 0.3) is 16.8 Å². The predicted octanol–water partition coefficient (Wildman–Crippen LogP) is 4.65. The number of primary sulfonamides is 1. The number of aromatic nitrogens is 3. The van der Waals surface area contributed by atoms with Gasteiger partial charge in [0.25, 0.3) is 5.91 Å². The fourth-order valence-corrected chi connectivity index (χ4v) is 5.32. The van der Waals surface area contributed by atoms with Crippen molar-refractivity contribution in [2.24, 2.45) is 5.14 Å². The van der Waals surface area contributed by atoms with E-state index in [4.69, 9.17) is 5.14 Å². The summed E-state index contributed by atoms with van der Waals surface area (Å²) in [6.45, 7) is 3.54. The average Bonchev–Trinajstić information content (AvgIpc) is 3.26. The molecule has 1 heterocycles. The standard InChI is InChI=1S/C29H29F4N5O4S/c1-3-7-26-36-38(24-16-19(27(39)35-14-4-2)12-13-22(24)29(31,32)33)28(40)37(26)17-20-11-10-18(15-23(20)30)21-8-5-6-9-25(21)43(34,41)42/h5-6,8-13,15-16H,3-4,7,14,17H2,1-2H3,(H,35,39)(H2,34,41,42). The lowest BCUT2D eigenvalue weighted by Gasteiger charge is -2.14. The van der Waals surface area contributed by atoms with E-state index in [2.05, 4.69) is 10.4 Å². The zero-order chi connectivity index (χ0) is 31.5. The number of sulfonamides is 1. The van der Waals surface area contributed by atoms with Crippen molar-refractivity contribution in [3.05, 3.63) is 99.5 Å². The van der Waals surface area contributed by atoms with Crippen LogP contribution in [0.3, 0.4) is 0 Å². The van der Waals surface area contributed by atoms with Crippen LogP contribution in [0.5, 0.6) is 0 Å². The molecule has 1 amide bonds. The monoisotopic (exact) mass is 619 g/mol. The second-order valence-electron chi connectivity index (χ2n) is 9.78. The number of amides is 1. The molecule has 0 unspecified atom stereocenters. The van der Waals surface area contributed by atoms with Gasteiger partial charge in [-0.15, -0.1) is 5.10 Å². The highest BCUT2D eigenvalue weighted by molar-refractivity contribution is 7.89. The van der Waals surface area contributed by atoms with E-state index in [-0.39, 0.29) is 45.9 Å². The van der Waals surface area contributed by atoms with E-state index in [0.29, 0.717) is 24.1 Å². The lowest BCUT2D eigenvalue weighted by molar-refractivity contribution is -0.137. The maximum absolute atomic E-state index is 15.4. The lowest BCUT2D eigenvalue weighted by atomic mass is 10.0. The van der Waals surface area contributed by atoms with Gasteiger partial charge in [-0.25, -0.2) is 22.7 Å². The lowest BCUT2D eigenvalue weighted by Crippen LogP contribution is -2.28. The summed E-state index contributed by atoms with van der Waals surface area (Å²) in [5.41, 5.74) is -2.43. The third-order valence-electron chi connectivity index (χ3n) is 6.63. The molecule has 4 rings (SSSR count). The first-order valence-corrected chi connectivity index (χ1v) is 14.9. The minimum atomic E-state index is -4.86. The third kappa shape index (κ3) is 6.86. The van der Waals surface area contributed by atoms with Gasteiger partial charge in [-0.2, -0.15) is 17.9 Å². The van der Waals surface area contributed by atoms with Gasteiger partial charge in [0.2, 0.25) is 10.0 Å². The van der Waals surface area contributed by atoms with E-state index in [0.717, 1.165) is 28.8 Å². The highest BCUT2D eigenvalue weighted by Crippen LogP contribution is 2.34. The molecule has 3 N–H and O–H groups in total. The number of benzene rings is 3. The SMILES string of the molecule is CCCNC(=O)c1ccc(C(F)(F)F)c(-n2nc(CCC)n(Cc3ccc(-c4ccccc4S(N)(=O)=O)cc3F)c2=O)c1. The molecule has 0 spiro atoms. The first kappa shape index (κ1) is 31.6.